The topological polar surface area (TPSA) is 95.9 Å². The molecule has 1 rings (SSSR count). The highest BCUT2D eigenvalue weighted by Gasteiger charge is 2.53. The molecule has 1 fully saturated rings. The smallest absolute Gasteiger partial charge is 0.394 e. The number of aliphatic carboxylic acids is 1. The molecule has 138 valence electrons. The quantitative estimate of drug-likeness (QED) is 0.558. The summed E-state index contributed by atoms with van der Waals surface area (Å²) in [5, 5.41) is 11.3. The van der Waals surface area contributed by atoms with Gasteiger partial charge in [0.25, 0.3) is 0 Å². The van der Waals surface area contributed by atoms with Gasteiger partial charge in [-0.15, -0.1) is 0 Å². The summed E-state index contributed by atoms with van der Waals surface area (Å²) in [6.45, 7) is 2.28. The van der Waals surface area contributed by atoms with Gasteiger partial charge in [0.1, 0.15) is 0 Å². The summed E-state index contributed by atoms with van der Waals surface area (Å²) in [6, 6.07) is -0.773. The molecule has 24 heavy (non-hydrogen) atoms. The Morgan fingerprint density at radius 1 is 1.29 bits per heavy atom. The zero-order chi connectivity index (χ0) is 18.5. The summed E-state index contributed by atoms with van der Waals surface area (Å²) in [5.74, 6) is -5.76. The van der Waals surface area contributed by atoms with Crippen LogP contribution in [-0.4, -0.2) is 59.9 Å². The number of carboxylic acid groups (broad SMARTS) is 1. The van der Waals surface area contributed by atoms with Crippen LogP contribution in [-0.2, 0) is 14.3 Å². The van der Waals surface area contributed by atoms with Gasteiger partial charge in [-0.2, -0.15) is 13.2 Å². The average Bonchev–Trinajstić information content (AvgIpc) is 2.88. The molecule has 0 aromatic carbocycles. The summed E-state index contributed by atoms with van der Waals surface area (Å²) in [5.41, 5.74) is 0. The molecule has 1 aliphatic heterocycles. The van der Waals surface area contributed by atoms with Gasteiger partial charge in [0.15, 0.2) is 0 Å². The van der Waals surface area contributed by atoms with Gasteiger partial charge >= 0.3 is 24.1 Å². The lowest BCUT2D eigenvalue weighted by atomic mass is 9.96. The number of esters is 1. The number of rotatable bonds is 6. The minimum absolute atomic E-state index is 0.0708. The standard InChI is InChI=1S/C14H21F3N2O5/c1-8(2)24-11(20)4-3-5-18-13(23)19-6-9(12(21)22)10(7-19)14(15,16)17/h8-10H,3-7H2,1-2H3,(H,18,23)(H,21,22)/t9-,10-/m1/s1. The van der Waals surface area contributed by atoms with Crippen LogP contribution >= 0.6 is 0 Å². The molecule has 0 aromatic rings. The largest absolute Gasteiger partial charge is 0.481 e. The van der Waals surface area contributed by atoms with Crippen molar-refractivity contribution in [1.29, 1.82) is 0 Å². The number of amides is 2. The van der Waals surface area contributed by atoms with Crippen molar-refractivity contribution in [2.24, 2.45) is 11.8 Å². The number of nitrogens with zero attached hydrogens (tertiary/aromatic N) is 1. The van der Waals surface area contributed by atoms with E-state index in [1.807, 2.05) is 0 Å². The highest BCUT2D eigenvalue weighted by atomic mass is 19.4. The zero-order valence-electron chi connectivity index (χ0n) is 13.4. The summed E-state index contributed by atoms with van der Waals surface area (Å²) < 4.78 is 43.4. The maximum absolute atomic E-state index is 12.8. The van der Waals surface area contributed by atoms with Gasteiger partial charge in [-0.1, -0.05) is 0 Å². The molecule has 0 saturated carbocycles. The SMILES string of the molecule is CC(C)OC(=O)CCCNC(=O)N1C[C@@H](C(F)(F)F)[C@H](C(=O)O)C1. The Morgan fingerprint density at radius 3 is 2.38 bits per heavy atom. The molecular weight excluding hydrogens is 333 g/mol. The highest BCUT2D eigenvalue weighted by Crippen LogP contribution is 2.37. The number of nitrogens with one attached hydrogen (secondary N) is 1. The molecule has 0 radical (unpaired) electrons. The fraction of sp³-hybridized carbons (Fsp3) is 0.786. The molecule has 7 nitrogen and oxygen atoms in total. The van der Waals surface area contributed by atoms with Gasteiger partial charge in [0.2, 0.25) is 0 Å². The molecule has 0 unspecified atom stereocenters. The minimum atomic E-state index is -4.68. The number of hydrogen-bond donors (Lipinski definition) is 2. The number of ether oxygens (including phenoxy) is 1. The van der Waals surface area contributed by atoms with Gasteiger partial charge in [-0.3, -0.25) is 9.59 Å². The van der Waals surface area contributed by atoms with Gasteiger partial charge in [0, 0.05) is 26.1 Å². The van der Waals surface area contributed by atoms with Crippen molar-refractivity contribution >= 4 is 18.0 Å². The number of likely N-dealkylation sites (tertiary alicyclic amines) is 1. The van der Waals surface area contributed by atoms with E-state index in [2.05, 4.69) is 5.32 Å². The monoisotopic (exact) mass is 354 g/mol. The third kappa shape index (κ3) is 5.89. The maximum atomic E-state index is 12.8. The summed E-state index contributed by atoms with van der Waals surface area (Å²) in [4.78, 5) is 34.9. The van der Waals surface area contributed by atoms with E-state index in [1.165, 1.54) is 0 Å². The minimum Gasteiger partial charge on any atom is -0.481 e. The lowest BCUT2D eigenvalue weighted by Gasteiger charge is -2.18. The molecule has 0 bridgehead atoms. The first-order valence-corrected chi connectivity index (χ1v) is 7.54. The van der Waals surface area contributed by atoms with Crippen LogP contribution in [0, 0.1) is 11.8 Å². The molecule has 10 heteroatoms. The predicted octanol–water partition coefficient (Wildman–Crippen LogP) is 1.62. The number of urea groups is 1. The van der Waals surface area contributed by atoms with E-state index in [4.69, 9.17) is 9.84 Å². The van der Waals surface area contributed by atoms with E-state index in [-0.39, 0.29) is 25.5 Å². The molecule has 0 aromatic heterocycles. The van der Waals surface area contributed by atoms with Gasteiger partial charge < -0.3 is 20.1 Å². The Bertz CT molecular complexity index is 482. The molecular formula is C14H21F3N2O5. The Morgan fingerprint density at radius 2 is 1.92 bits per heavy atom. The van der Waals surface area contributed by atoms with Crippen molar-refractivity contribution in [3.8, 4) is 0 Å². The average molecular weight is 354 g/mol. The van der Waals surface area contributed by atoms with Crippen molar-refractivity contribution in [3.05, 3.63) is 0 Å². The fourth-order valence-corrected chi connectivity index (χ4v) is 2.41. The van der Waals surface area contributed by atoms with Gasteiger partial charge in [-0.05, 0) is 20.3 Å². The second kappa shape index (κ2) is 8.20. The number of carboxylic acids is 1. The third-order valence-corrected chi connectivity index (χ3v) is 3.55. The molecule has 1 heterocycles. The number of carbonyl (C=O) groups is 3. The fourth-order valence-electron chi connectivity index (χ4n) is 2.41. The summed E-state index contributed by atoms with van der Waals surface area (Å²) in [7, 11) is 0. The summed E-state index contributed by atoms with van der Waals surface area (Å²) in [6.07, 6.45) is -4.58. The Labute approximate surface area is 137 Å². The third-order valence-electron chi connectivity index (χ3n) is 3.55. The highest BCUT2D eigenvalue weighted by molar-refractivity contribution is 5.77. The van der Waals surface area contributed by atoms with E-state index in [0.29, 0.717) is 0 Å². The van der Waals surface area contributed by atoms with Crippen molar-refractivity contribution in [1.82, 2.24) is 10.2 Å². The second-order valence-electron chi connectivity index (χ2n) is 5.87. The van der Waals surface area contributed by atoms with Crippen LogP contribution in [0.25, 0.3) is 0 Å². The van der Waals surface area contributed by atoms with E-state index in [9.17, 15) is 27.6 Å². The van der Waals surface area contributed by atoms with Crippen LogP contribution in [0.4, 0.5) is 18.0 Å². The van der Waals surface area contributed by atoms with Gasteiger partial charge in [-0.25, -0.2) is 4.79 Å². The van der Waals surface area contributed by atoms with Crippen molar-refractivity contribution in [3.63, 3.8) is 0 Å². The van der Waals surface area contributed by atoms with Crippen LogP contribution in [0.15, 0.2) is 0 Å². The Balaban J connectivity index is 2.43. The molecule has 0 aliphatic carbocycles. The normalized spacial score (nSPS) is 21.0. The van der Waals surface area contributed by atoms with E-state index in [0.717, 1.165) is 4.90 Å². The molecule has 2 N–H and O–H groups in total. The number of hydrogen-bond acceptors (Lipinski definition) is 4. The predicted molar refractivity (Wildman–Crippen MR) is 76.1 cm³/mol. The molecule has 1 aliphatic rings. The number of carbonyl (C=O) groups excluding carboxylic acids is 2. The van der Waals surface area contributed by atoms with Crippen molar-refractivity contribution < 1.29 is 37.4 Å². The molecule has 1 saturated heterocycles. The van der Waals surface area contributed by atoms with Crippen LogP contribution in [0.3, 0.4) is 0 Å². The van der Waals surface area contributed by atoms with Gasteiger partial charge in [0.05, 0.1) is 17.9 Å². The zero-order valence-corrected chi connectivity index (χ0v) is 13.4. The van der Waals surface area contributed by atoms with Crippen LogP contribution in [0.5, 0.6) is 0 Å². The molecule has 0 spiro atoms. The first kappa shape index (κ1) is 20.0. The van der Waals surface area contributed by atoms with E-state index >= 15 is 0 Å². The first-order valence-electron chi connectivity index (χ1n) is 7.54. The Hall–Kier alpha value is -2.00. The lowest BCUT2D eigenvalue weighted by molar-refractivity contribution is -0.187. The molecule has 2 amide bonds. The Kier molecular flexibility index (Phi) is 6.85. The van der Waals surface area contributed by atoms with E-state index < -0.39 is 49.1 Å². The van der Waals surface area contributed by atoms with Crippen molar-refractivity contribution in [2.45, 2.75) is 39.0 Å². The number of halogens is 3. The van der Waals surface area contributed by atoms with Crippen LogP contribution in [0.1, 0.15) is 26.7 Å². The first-order chi connectivity index (χ1) is 11.0. The maximum Gasteiger partial charge on any atom is 0.394 e. The van der Waals surface area contributed by atoms with Crippen LogP contribution in [0.2, 0.25) is 0 Å². The second-order valence-corrected chi connectivity index (χ2v) is 5.87. The lowest BCUT2D eigenvalue weighted by Crippen LogP contribution is -2.40. The van der Waals surface area contributed by atoms with E-state index in [1.54, 1.807) is 13.8 Å². The summed E-state index contributed by atoms with van der Waals surface area (Å²) >= 11 is 0. The van der Waals surface area contributed by atoms with Crippen molar-refractivity contribution in [2.75, 3.05) is 19.6 Å². The number of alkyl halides is 3. The van der Waals surface area contributed by atoms with Crippen LogP contribution < -0.4 is 5.32 Å². The molecule has 2 atom stereocenters.